The van der Waals surface area contributed by atoms with E-state index >= 15 is 0 Å². The lowest BCUT2D eigenvalue weighted by molar-refractivity contribution is -0.0399. The van der Waals surface area contributed by atoms with Crippen LogP contribution in [0.1, 0.15) is 69.6 Å². The van der Waals surface area contributed by atoms with E-state index in [4.69, 9.17) is 0 Å². The highest BCUT2D eigenvalue weighted by Gasteiger charge is 2.61. The summed E-state index contributed by atoms with van der Waals surface area (Å²) < 4.78 is 2.69. The molecule has 0 N–H and O–H groups in total. The molecule has 1 spiro atoms. The second-order valence-corrected chi connectivity index (χ2v) is 18.5. The third-order valence-electron chi connectivity index (χ3n) is 13.6. The van der Waals surface area contributed by atoms with Crippen LogP contribution in [0, 0.1) is 23.7 Å². The van der Waals surface area contributed by atoms with Gasteiger partial charge in [0.15, 0.2) is 0 Å². The van der Waals surface area contributed by atoms with E-state index in [-0.39, 0.29) is 10.8 Å². The third-order valence-corrected chi connectivity index (χ3v) is 14.8. The van der Waals surface area contributed by atoms with E-state index in [1.54, 1.807) is 11.1 Å². The fourth-order valence-electron chi connectivity index (χ4n) is 11.6. The monoisotopic (exact) mass is 691 g/mol. The zero-order valence-corrected chi connectivity index (χ0v) is 31.2. The maximum absolute atomic E-state index is 2.57. The first kappa shape index (κ1) is 30.9. The number of benzene rings is 6. The molecule has 1 aromatic heterocycles. The van der Waals surface area contributed by atoms with E-state index in [1.807, 2.05) is 11.3 Å². The van der Waals surface area contributed by atoms with Crippen molar-refractivity contribution in [3.8, 4) is 22.3 Å². The standard InChI is InChI=1S/C50H45NS/c1-49(2,3)35-19-15-33(16-20-35)34-17-21-38(22-18-34)51(39-23-24-47-42(30-39)40-9-5-7-14-46(40)52-47)45-13-8-12-44-48(45)41-10-4-6-11-43(41)50(44)36-26-31-25-32(28-36)29-37(50)27-31/h4-24,30-32,36-37H,25-29H2,1-3H3. The molecule has 0 amide bonds. The van der Waals surface area contributed by atoms with Crippen molar-refractivity contribution in [2.75, 3.05) is 4.90 Å². The molecule has 12 rings (SSSR count). The van der Waals surface area contributed by atoms with Crippen molar-refractivity contribution in [1.29, 1.82) is 0 Å². The Balaban J connectivity index is 1.11. The van der Waals surface area contributed by atoms with Gasteiger partial charge in [0.25, 0.3) is 0 Å². The summed E-state index contributed by atoms with van der Waals surface area (Å²) in [5, 5.41) is 2.68. The zero-order valence-electron chi connectivity index (χ0n) is 30.4. The van der Waals surface area contributed by atoms with Gasteiger partial charge in [-0.2, -0.15) is 0 Å². The van der Waals surface area contributed by atoms with E-state index in [9.17, 15) is 0 Å². The van der Waals surface area contributed by atoms with Crippen molar-refractivity contribution in [3.05, 3.63) is 150 Å². The average molecular weight is 692 g/mol. The Morgan fingerprint density at radius 1 is 0.558 bits per heavy atom. The number of hydrogen-bond acceptors (Lipinski definition) is 2. The summed E-state index contributed by atoms with van der Waals surface area (Å²) in [6, 6.07) is 51.4. The van der Waals surface area contributed by atoms with Crippen LogP contribution in [-0.4, -0.2) is 0 Å². The van der Waals surface area contributed by atoms with Gasteiger partial charge in [0.2, 0.25) is 0 Å². The molecule has 4 bridgehead atoms. The minimum Gasteiger partial charge on any atom is -0.310 e. The van der Waals surface area contributed by atoms with Gasteiger partial charge in [0.05, 0.1) is 5.69 Å². The van der Waals surface area contributed by atoms with Gasteiger partial charge in [0.1, 0.15) is 0 Å². The van der Waals surface area contributed by atoms with Crippen molar-refractivity contribution in [3.63, 3.8) is 0 Å². The molecule has 0 aliphatic heterocycles. The zero-order chi connectivity index (χ0) is 34.8. The van der Waals surface area contributed by atoms with Gasteiger partial charge in [-0.25, -0.2) is 0 Å². The van der Waals surface area contributed by atoms with Crippen LogP contribution in [0.15, 0.2) is 133 Å². The molecular formula is C50H45NS. The lowest BCUT2D eigenvalue weighted by atomic mass is 9.43. The van der Waals surface area contributed by atoms with E-state index in [2.05, 4.69) is 159 Å². The molecule has 4 fully saturated rings. The molecule has 0 saturated heterocycles. The summed E-state index contributed by atoms with van der Waals surface area (Å²) in [4.78, 5) is 2.57. The smallest absolute Gasteiger partial charge is 0.0543 e. The summed E-state index contributed by atoms with van der Waals surface area (Å²) in [5.41, 5.74) is 14.0. The highest BCUT2D eigenvalue weighted by atomic mass is 32.1. The molecule has 0 radical (unpaired) electrons. The van der Waals surface area contributed by atoms with Crippen LogP contribution >= 0.6 is 11.3 Å². The fourth-order valence-corrected chi connectivity index (χ4v) is 12.7. The van der Waals surface area contributed by atoms with Crippen LogP contribution in [-0.2, 0) is 10.8 Å². The molecule has 0 atom stereocenters. The number of nitrogens with zero attached hydrogens (tertiary/aromatic N) is 1. The highest BCUT2D eigenvalue weighted by molar-refractivity contribution is 7.25. The summed E-state index contributed by atoms with van der Waals surface area (Å²) >= 11 is 1.90. The summed E-state index contributed by atoms with van der Waals surface area (Å²) in [7, 11) is 0. The third kappa shape index (κ3) is 4.40. The predicted octanol–water partition coefficient (Wildman–Crippen LogP) is 14.2. The molecule has 5 aliphatic rings. The predicted molar refractivity (Wildman–Crippen MR) is 221 cm³/mol. The van der Waals surface area contributed by atoms with E-state index in [0.29, 0.717) is 0 Å². The lowest BCUT2D eigenvalue weighted by Crippen LogP contribution is -2.55. The molecule has 256 valence electrons. The molecule has 52 heavy (non-hydrogen) atoms. The first-order valence-corrected chi connectivity index (χ1v) is 20.3. The second kappa shape index (κ2) is 11.2. The Morgan fingerprint density at radius 3 is 1.90 bits per heavy atom. The Bertz CT molecular complexity index is 2480. The maximum Gasteiger partial charge on any atom is 0.0543 e. The molecule has 5 aliphatic carbocycles. The van der Waals surface area contributed by atoms with Crippen LogP contribution in [0.3, 0.4) is 0 Å². The molecule has 7 aromatic rings. The minimum absolute atomic E-state index is 0.137. The Kier molecular flexibility index (Phi) is 6.64. The number of hydrogen-bond donors (Lipinski definition) is 0. The summed E-state index contributed by atoms with van der Waals surface area (Å²) in [6.45, 7) is 6.85. The van der Waals surface area contributed by atoms with Crippen LogP contribution in [0.2, 0.25) is 0 Å². The molecule has 4 saturated carbocycles. The number of anilines is 3. The molecular weight excluding hydrogens is 647 g/mol. The molecule has 2 heteroatoms. The van der Waals surface area contributed by atoms with Crippen molar-refractivity contribution >= 4 is 48.6 Å². The largest absolute Gasteiger partial charge is 0.310 e. The first-order chi connectivity index (χ1) is 25.4. The van der Waals surface area contributed by atoms with E-state index < -0.39 is 0 Å². The summed E-state index contributed by atoms with van der Waals surface area (Å²) in [6.07, 6.45) is 7.06. The van der Waals surface area contributed by atoms with Crippen molar-refractivity contribution < 1.29 is 0 Å². The molecule has 1 nitrogen and oxygen atoms in total. The van der Waals surface area contributed by atoms with Gasteiger partial charge in [-0.1, -0.05) is 112 Å². The van der Waals surface area contributed by atoms with E-state index in [1.165, 1.54) is 97.2 Å². The maximum atomic E-state index is 2.57. The number of fused-ring (bicyclic) bond motifs is 6. The first-order valence-electron chi connectivity index (χ1n) is 19.5. The molecule has 1 heterocycles. The fraction of sp³-hybridized carbons (Fsp3) is 0.280. The minimum atomic E-state index is 0.137. The lowest BCUT2D eigenvalue weighted by Gasteiger charge is -2.61. The van der Waals surface area contributed by atoms with Crippen LogP contribution in [0.5, 0.6) is 0 Å². The van der Waals surface area contributed by atoms with Crippen molar-refractivity contribution in [1.82, 2.24) is 0 Å². The Morgan fingerprint density at radius 2 is 1.17 bits per heavy atom. The van der Waals surface area contributed by atoms with Crippen molar-refractivity contribution in [2.45, 2.75) is 63.7 Å². The quantitative estimate of drug-likeness (QED) is 0.178. The number of thiophene rings is 1. The van der Waals surface area contributed by atoms with Crippen LogP contribution in [0.25, 0.3) is 42.4 Å². The van der Waals surface area contributed by atoms with Crippen LogP contribution in [0.4, 0.5) is 17.1 Å². The van der Waals surface area contributed by atoms with E-state index in [0.717, 1.165) is 23.7 Å². The van der Waals surface area contributed by atoms with Crippen LogP contribution < -0.4 is 4.90 Å². The van der Waals surface area contributed by atoms with Gasteiger partial charge in [-0.15, -0.1) is 11.3 Å². The summed E-state index contributed by atoms with van der Waals surface area (Å²) in [5.74, 6) is 3.35. The SMILES string of the molecule is CC(C)(C)c1ccc(-c2ccc(N(c3ccc4sc5ccccc5c4c3)c3cccc4c3-c3ccccc3C43C4CC5CC(C4)CC3C5)cc2)cc1. The number of rotatable bonds is 4. The highest BCUT2D eigenvalue weighted by Crippen LogP contribution is 2.70. The van der Waals surface area contributed by atoms with Gasteiger partial charge >= 0.3 is 0 Å². The Labute approximate surface area is 312 Å². The molecule has 0 unspecified atom stereocenters. The molecule has 6 aromatic carbocycles. The normalized spacial score (nSPS) is 24.1. The topological polar surface area (TPSA) is 3.24 Å². The van der Waals surface area contributed by atoms with Gasteiger partial charge in [0, 0.05) is 42.5 Å². The average Bonchev–Trinajstić information content (AvgIpc) is 3.68. The van der Waals surface area contributed by atoms with Gasteiger partial charge in [-0.05, 0) is 137 Å². The Hall–Kier alpha value is -4.66. The van der Waals surface area contributed by atoms with Crippen molar-refractivity contribution in [2.24, 2.45) is 23.7 Å². The second-order valence-electron chi connectivity index (χ2n) is 17.4. The van der Waals surface area contributed by atoms with Gasteiger partial charge < -0.3 is 4.90 Å². The van der Waals surface area contributed by atoms with Gasteiger partial charge in [-0.3, -0.25) is 0 Å².